The number of aliphatic imine (C=N–C) groups is 1. The molecule has 1 fully saturated rings. The number of aromatic nitrogens is 2. The third-order valence-electron chi connectivity index (χ3n) is 5.69. The van der Waals surface area contributed by atoms with Crippen molar-refractivity contribution in [2.75, 3.05) is 20.1 Å². The van der Waals surface area contributed by atoms with Crippen LogP contribution < -0.4 is 0 Å². The predicted molar refractivity (Wildman–Crippen MR) is 123 cm³/mol. The van der Waals surface area contributed by atoms with E-state index in [1.807, 2.05) is 6.92 Å². The van der Waals surface area contributed by atoms with Gasteiger partial charge in [0.2, 0.25) is 5.91 Å². The lowest BCUT2D eigenvalue weighted by Gasteiger charge is -2.37. The lowest BCUT2D eigenvalue weighted by Crippen LogP contribution is -2.51. The zero-order valence-electron chi connectivity index (χ0n) is 19.8. The molecule has 1 saturated heterocycles. The number of allylic oxidation sites excluding steroid dienone is 2. The number of imidazole rings is 1. The molecule has 6 nitrogen and oxygen atoms in total. The highest BCUT2D eigenvalue weighted by molar-refractivity contribution is 6.07. The summed E-state index contributed by atoms with van der Waals surface area (Å²) in [5, 5.41) is 0. The van der Waals surface area contributed by atoms with Crippen molar-refractivity contribution in [2.45, 2.75) is 39.8 Å². The van der Waals surface area contributed by atoms with E-state index in [-0.39, 0.29) is 29.7 Å². The SMILES string of the molecule is C\C=C1/C(=N\C(=C(/C)CC)n2ccnc2-c2ccc(F)cc2F)N(CCC(F)(F)F)CC(=O)N1C. The molecule has 2 aromatic rings. The molecule has 0 atom stereocenters. The topological polar surface area (TPSA) is 53.7 Å². The van der Waals surface area contributed by atoms with Gasteiger partial charge >= 0.3 is 6.18 Å². The molecule has 1 aliphatic rings. The molecular weight excluding hydrogens is 469 g/mol. The van der Waals surface area contributed by atoms with Crippen molar-refractivity contribution >= 4 is 17.6 Å². The Morgan fingerprint density at radius 1 is 1.26 bits per heavy atom. The molecular formula is C24H26F5N5O. The van der Waals surface area contributed by atoms with E-state index in [4.69, 9.17) is 4.99 Å². The molecule has 35 heavy (non-hydrogen) atoms. The summed E-state index contributed by atoms with van der Waals surface area (Å²) in [4.78, 5) is 24.0. The largest absolute Gasteiger partial charge is 0.390 e. The van der Waals surface area contributed by atoms with E-state index in [9.17, 15) is 26.7 Å². The molecule has 2 heterocycles. The van der Waals surface area contributed by atoms with E-state index < -0.39 is 30.8 Å². The van der Waals surface area contributed by atoms with Crippen LogP contribution in [-0.2, 0) is 4.79 Å². The van der Waals surface area contributed by atoms with Crippen LogP contribution in [0, 0.1) is 11.6 Å². The molecule has 0 spiro atoms. The molecule has 0 radical (unpaired) electrons. The molecule has 1 aromatic heterocycles. The number of carbonyl (C=O) groups is 1. The molecule has 1 aliphatic heterocycles. The van der Waals surface area contributed by atoms with Gasteiger partial charge in [-0.05, 0) is 38.0 Å². The van der Waals surface area contributed by atoms with Gasteiger partial charge in [-0.25, -0.2) is 18.8 Å². The molecule has 1 amide bonds. The minimum atomic E-state index is -4.41. The monoisotopic (exact) mass is 495 g/mol. The first-order valence-electron chi connectivity index (χ1n) is 11.0. The summed E-state index contributed by atoms with van der Waals surface area (Å²) in [5.74, 6) is -1.27. The van der Waals surface area contributed by atoms with Gasteiger partial charge in [0, 0.05) is 32.1 Å². The number of halogens is 5. The van der Waals surface area contributed by atoms with Crippen molar-refractivity contribution in [2.24, 2.45) is 4.99 Å². The van der Waals surface area contributed by atoms with Gasteiger partial charge in [0.1, 0.15) is 23.3 Å². The number of rotatable bonds is 6. The predicted octanol–water partition coefficient (Wildman–Crippen LogP) is 5.46. The highest BCUT2D eigenvalue weighted by Crippen LogP contribution is 2.29. The van der Waals surface area contributed by atoms with Crippen LogP contribution >= 0.6 is 0 Å². The Balaban J connectivity index is 2.18. The van der Waals surface area contributed by atoms with E-state index in [0.717, 1.165) is 17.7 Å². The van der Waals surface area contributed by atoms with Crippen LogP contribution in [0.4, 0.5) is 22.0 Å². The molecule has 1 aromatic carbocycles. The maximum Gasteiger partial charge on any atom is 0.390 e. The number of piperazine rings is 1. The van der Waals surface area contributed by atoms with Gasteiger partial charge < -0.3 is 9.80 Å². The molecule has 188 valence electrons. The number of carbonyl (C=O) groups excluding carboxylic acids is 1. The molecule has 3 rings (SSSR count). The highest BCUT2D eigenvalue weighted by atomic mass is 19.4. The van der Waals surface area contributed by atoms with Crippen LogP contribution in [0.5, 0.6) is 0 Å². The van der Waals surface area contributed by atoms with Crippen LogP contribution in [-0.4, -0.2) is 57.4 Å². The van der Waals surface area contributed by atoms with Crippen LogP contribution in [0.25, 0.3) is 17.2 Å². The van der Waals surface area contributed by atoms with Gasteiger partial charge in [-0.15, -0.1) is 0 Å². The first kappa shape index (κ1) is 26.1. The summed E-state index contributed by atoms with van der Waals surface area (Å²) in [6.07, 6.45) is -0.437. The fourth-order valence-corrected chi connectivity index (χ4v) is 3.65. The Morgan fingerprint density at radius 3 is 2.57 bits per heavy atom. The van der Waals surface area contributed by atoms with Gasteiger partial charge in [0.05, 0.1) is 24.2 Å². The van der Waals surface area contributed by atoms with Crippen molar-refractivity contribution in [1.82, 2.24) is 19.4 Å². The van der Waals surface area contributed by atoms with Gasteiger partial charge in [0.25, 0.3) is 0 Å². The Bertz CT molecular complexity index is 1200. The average molecular weight is 495 g/mol. The Morgan fingerprint density at radius 2 is 1.97 bits per heavy atom. The summed E-state index contributed by atoms with van der Waals surface area (Å²) < 4.78 is 68.6. The Labute approximate surface area is 200 Å². The zero-order chi connectivity index (χ0) is 25.9. The molecule has 0 unspecified atom stereocenters. The van der Waals surface area contributed by atoms with Crippen LogP contribution in [0.1, 0.15) is 33.6 Å². The van der Waals surface area contributed by atoms with E-state index in [1.165, 1.54) is 33.7 Å². The number of hydrogen-bond donors (Lipinski definition) is 0. The normalized spacial score (nSPS) is 18.0. The number of amides is 1. The molecule has 0 bridgehead atoms. The summed E-state index contributed by atoms with van der Waals surface area (Å²) >= 11 is 0. The minimum Gasteiger partial charge on any atom is -0.345 e. The molecule has 0 N–H and O–H groups in total. The standard InChI is InChI=1S/C24H26F5N5O/c1-5-15(3)21(34-12-10-30-22(34)17-8-7-16(25)13-18(17)26)31-23-19(6-2)32(4)20(35)14-33(23)11-9-24(27,28)29/h6-8,10,12-13H,5,9,11,14H2,1-4H3/b19-6+,21-15-,31-23+. The number of alkyl halides is 3. The number of likely N-dealkylation sites (N-methyl/N-ethyl adjacent to an activating group) is 1. The number of amidine groups is 1. The summed E-state index contributed by atoms with van der Waals surface area (Å²) in [5.41, 5.74) is 1.12. The third-order valence-corrected chi connectivity index (χ3v) is 5.69. The van der Waals surface area contributed by atoms with Crippen molar-refractivity contribution in [3.05, 3.63) is 59.6 Å². The fraction of sp³-hybridized carbons (Fsp3) is 0.375. The molecule has 11 heteroatoms. The van der Waals surface area contributed by atoms with Gasteiger partial charge in [-0.2, -0.15) is 13.2 Å². The number of hydrogen-bond acceptors (Lipinski definition) is 3. The fourth-order valence-electron chi connectivity index (χ4n) is 3.65. The quantitative estimate of drug-likeness (QED) is 0.501. The average Bonchev–Trinajstić information content (AvgIpc) is 3.26. The second-order valence-corrected chi connectivity index (χ2v) is 8.05. The first-order valence-corrected chi connectivity index (χ1v) is 11.0. The van der Waals surface area contributed by atoms with Crippen LogP contribution in [0.15, 0.2) is 52.9 Å². The summed E-state index contributed by atoms with van der Waals surface area (Å²) in [6.45, 7) is 4.59. The van der Waals surface area contributed by atoms with E-state index in [2.05, 4.69) is 4.98 Å². The summed E-state index contributed by atoms with van der Waals surface area (Å²) in [6, 6.07) is 3.11. The maximum atomic E-state index is 14.6. The van der Waals surface area contributed by atoms with E-state index in [1.54, 1.807) is 26.1 Å². The third kappa shape index (κ3) is 5.77. The van der Waals surface area contributed by atoms with Crippen LogP contribution in [0.2, 0.25) is 0 Å². The lowest BCUT2D eigenvalue weighted by atomic mass is 10.1. The lowest BCUT2D eigenvalue weighted by molar-refractivity contribution is -0.139. The maximum absolute atomic E-state index is 14.6. The number of nitrogens with zero attached hydrogens (tertiary/aromatic N) is 5. The number of benzene rings is 1. The highest BCUT2D eigenvalue weighted by Gasteiger charge is 2.35. The first-order chi connectivity index (χ1) is 16.5. The van der Waals surface area contributed by atoms with Gasteiger partial charge in [-0.1, -0.05) is 13.0 Å². The van der Waals surface area contributed by atoms with Crippen molar-refractivity contribution in [3.8, 4) is 11.4 Å². The molecule has 0 saturated carbocycles. The van der Waals surface area contributed by atoms with Gasteiger partial charge in [0.15, 0.2) is 5.84 Å². The second kappa shape index (κ2) is 10.4. The van der Waals surface area contributed by atoms with Crippen molar-refractivity contribution < 1.29 is 26.7 Å². The minimum absolute atomic E-state index is 0.0362. The van der Waals surface area contributed by atoms with E-state index >= 15 is 0 Å². The van der Waals surface area contributed by atoms with Crippen molar-refractivity contribution in [3.63, 3.8) is 0 Å². The second-order valence-electron chi connectivity index (χ2n) is 8.05. The Hall–Kier alpha value is -3.50. The van der Waals surface area contributed by atoms with Crippen LogP contribution in [0.3, 0.4) is 0 Å². The van der Waals surface area contributed by atoms with Gasteiger partial charge in [-0.3, -0.25) is 9.36 Å². The van der Waals surface area contributed by atoms with E-state index in [0.29, 0.717) is 17.9 Å². The molecule has 0 aliphatic carbocycles. The Kier molecular flexibility index (Phi) is 7.76. The van der Waals surface area contributed by atoms with Crippen molar-refractivity contribution in [1.29, 1.82) is 0 Å². The zero-order valence-corrected chi connectivity index (χ0v) is 19.8. The summed E-state index contributed by atoms with van der Waals surface area (Å²) in [7, 11) is 1.53. The smallest absolute Gasteiger partial charge is 0.345 e.